The quantitative estimate of drug-likeness (QED) is 0.168. The second kappa shape index (κ2) is 12.7. The summed E-state index contributed by atoms with van der Waals surface area (Å²) in [5.74, 6) is -0.635. The monoisotopic (exact) mass is 568 g/mol. The van der Waals surface area contributed by atoms with Gasteiger partial charge in [-0.25, -0.2) is 14.2 Å². The first-order chi connectivity index (χ1) is 20.0. The second-order valence-electron chi connectivity index (χ2n) is 9.40. The molecule has 0 atom stereocenters. The summed E-state index contributed by atoms with van der Waals surface area (Å²) in [4.78, 5) is 31.9. The molecule has 2 heterocycles. The Morgan fingerprint density at radius 1 is 0.976 bits per heavy atom. The lowest BCUT2D eigenvalue weighted by atomic mass is 10.1. The van der Waals surface area contributed by atoms with Crippen molar-refractivity contribution in [3.05, 3.63) is 129 Å². The lowest BCUT2D eigenvalue weighted by molar-refractivity contribution is 0.0527. The first-order valence-corrected chi connectivity index (χ1v) is 14.2. The van der Waals surface area contributed by atoms with Gasteiger partial charge >= 0.3 is 5.97 Å². The Kier molecular flexibility index (Phi) is 8.70. The first kappa shape index (κ1) is 28.0. The molecule has 0 N–H and O–H groups in total. The summed E-state index contributed by atoms with van der Waals surface area (Å²) in [7, 11) is 0. The molecule has 0 aliphatic carbocycles. The predicted octanol–water partition coefficient (Wildman–Crippen LogP) is 7.08. The standard InChI is InChI=1S/C33H29FN2O4S/c1-3-39-33(38)25-19-28(41-21-25)29-22(2)35-31(36(32(29)37)18-17-23-11-6-4-7-12-23)26-15-10-16-27(34)30(26)40-20-24-13-8-5-9-14-24/h4-16,19,21H,3,17-18,20H2,1-2H3. The summed E-state index contributed by atoms with van der Waals surface area (Å²) in [6, 6.07) is 25.6. The molecule has 3 aromatic carbocycles. The summed E-state index contributed by atoms with van der Waals surface area (Å²) in [6.45, 7) is 4.21. The molecule has 0 spiro atoms. The summed E-state index contributed by atoms with van der Waals surface area (Å²) in [5.41, 5.74) is 3.29. The largest absolute Gasteiger partial charge is 0.485 e. The van der Waals surface area contributed by atoms with Gasteiger partial charge in [-0.3, -0.25) is 9.36 Å². The minimum absolute atomic E-state index is 0.0320. The van der Waals surface area contributed by atoms with Gasteiger partial charge in [-0.2, -0.15) is 0 Å². The number of carbonyl (C=O) groups is 1. The molecule has 0 saturated heterocycles. The molecule has 0 aliphatic heterocycles. The molecule has 0 saturated carbocycles. The fraction of sp³-hybridized carbons (Fsp3) is 0.182. The molecule has 41 heavy (non-hydrogen) atoms. The minimum atomic E-state index is -0.540. The maximum atomic E-state index is 15.2. The fourth-order valence-corrected chi connectivity index (χ4v) is 5.56. The highest BCUT2D eigenvalue weighted by Gasteiger charge is 2.23. The Labute approximate surface area is 241 Å². The van der Waals surface area contributed by atoms with E-state index in [2.05, 4.69) is 0 Å². The van der Waals surface area contributed by atoms with Crippen LogP contribution in [-0.4, -0.2) is 22.1 Å². The number of carbonyl (C=O) groups excluding carboxylic acids is 1. The van der Waals surface area contributed by atoms with Crippen molar-refractivity contribution in [2.75, 3.05) is 6.61 Å². The number of hydrogen-bond acceptors (Lipinski definition) is 6. The first-order valence-electron chi connectivity index (χ1n) is 13.3. The number of para-hydroxylation sites is 1. The highest BCUT2D eigenvalue weighted by molar-refractivity contribution is 7.13. The zero-order chi connectivity index (χ0) is 28.8. The number of hydrogen-bond donors (Lipinski definition) is 0. The highest BCUT2D eigenvalue weighted by atomic mass is 32.1. The average Bonchev–Trinajstić information content (AvgIpc) is 3.47. The molecule has 208 valence electrons. The fourth-order valence-electron chi connectivity index (χ4n) is 4.59. The smallest absolute Gasteiger partial charge is 0.338 e. The molecule has 5 aromatic rings. The van der Waals surface area contributed by atoms with Crippen LogP contribution in [0.4, 0.5) is 4.39 Å². The normalized spacial score (nSPS) is 10.9. The molecular formula is C33H29FN2O4S. The lowest BCUT2D eigenvalue weighted by Crippen LogP contribution is -2.27. The number of rotatable bonds is 10. The number of nitrogens with zero attached hydrogens (tertiary/aromatic N) is 2. The lowest BCUT2D eigenvalue weighted by Gasteiger charge is -2.18. The van der Waals surface area contributed by atoms with Crippen molar-refractivity contribution in [2.45, 2.75) is 33.4 Å². The number of aromatic nitrogens is 2. The highest BCUT2D eigenvalue weighted by Crippen LogP contribution is 2.34. The average molecular weight is 569 g/mol. The topological polar surface area (TPSA) is 70.4 Å². The maximum Gasteiger partial charge on any atom is 0.338 e. The molecule has 0 fully saturated rings. The predicted molar refractivity (Wildman–Crippen MR) is 159 cm³/mol. The Morgan fingerprint density at radius 2 is 1.68 bits per heavy atom. The van der Waals surface area contributed by atoms with Crippen molar-refractivity contribution in [3.63, 3.8) is 0 Å². The van der Waals surface area contributed by atoms with Crippen LogP contribution >= 0.6 is 11.3 Å². The van der Waals surface area contributed by atoms with E-state index in [1.165, 1.54) is 17.4 Å². The van der Waals surface area contributed by atoms with E-state index < -0.39 is 11.8 Å². The minimum Gasteiger partial charge on any atom is -0.485 e. The van der Waals surface area contributed by atoms with E-state index in [0.29, 0.717) is 46.1 Å². The Bertz CT molecular complexity index is 1720. The number of aryl methyl sites for hydroxylation is 2. The molecule has 2 aromatic heterocycles. The molecule has 0 unspecified atom stereocenters. The Morgan fingerprint density at radius 3 is 2.39 bits per heavy atom. The van der Waals surface area contributed by atoms with Crippen LogP contribution in [0.5, 0.6) is 5.75 Å². The Balaban J connectivity index is 1.61. The van der Waals surface area contributed by atoms with Gasteiger partial charge in [0.25, 0.3) is 5.56 Å². The molecule has 5 rings (SSSR count). The van der Waals surface area contributed by atoms with Crippen LogP contribution in [0.15, 0.2) is 95.1 Å². The number of esters is 1. The van der Waals surface area contributed by atoms with Crippen LogP contribution in [0.3, 0.4) is 0 Å². The maximum absolute atomic E-state index is 15.2. The van der Waals surface area contributed by atoms with Gasteiger partial charge in [-0.1, -0.05) is 66.7 Å². The molecule has 0 radical (unpaired) electrons. The third-order valence-electron chi connectivity index (χ3n) is 6.61. The molecule has 8 heteroatoms. The summed E-state index contributed by atoms with van der Waals surface area (Å²) < 4.78 is 27.9. The van der Waals surface area contributed by atoms with Crippen molar-refractivity contribution in [1.29, 1.82) is 0 Å². The zero-order valence-electron chi connectivity index (χ0n) is 22.8. The molecule has 0 bridgehead atoms. The van der Waals surface area contributed by atoms with Crippen LogP contribution in [0.2, 0.25) is 0 Å². The van der Waals surface area contributed by atoms with Gasteiger partial charge < -0.3 is 9.47 Å². The van der Waals surface area contributed by atoms with E-state index in [1.807, 2.05) is 60.7 Å². The molecule has 0 amide bonds. The van der Waals surface area contributed by atoms with E-state index in [-0.39, 0.29) is 24.5 Å². The molecule has 0 aliphatic rings. The molecular weight excluding hydrogens is 539 g/mol. The van der Waals surface area contributed by atoms with Gasteiger partial charge in [0.05, 0.1) is 29.0 Å². The SMILES string of the molecule is CCOC(=O)c1csc(-c2c(C)nc(-c3cccc(F)c3OCc3ccccc3)n(CCc3ccccc3)c2=O)c1. The van der Waals surface area contributed by atoms with Crippen LogP contribution in [0.25, 0.3) is 21.8 Å². The van der Waals surface area contributed by atoms with Crippen molar-refractivity contribution in [1.82, 2.24) is 9.55 Å². The summed E-state index contributed by atoms with van der Waals surface area (Å²) >= 11 is 1.28. The summed E-state index contributed by atoms with van der Waals surface area (Å²) in [5, 5.41) is 1.68. The van der Waals surface area contributed by atoms with Gasteiger partial charge in [0.1, 0.15) is 12.4 Å². The van der Waals surface area contributed by atoms with Crippen LogP contribution in [0, 0.1) is 12.7 Å². The zero-order valence-corrected chi connectivity index (χ0v) is 23.6. The third-order valence-corrected chi connectivity index (χ3v) is 7.56. The van der Waals surface area contributed by atoms with Crippen LogP contribution in [-0.2, 0) is 24.3 Å². The van der Waals surface area contributed by atoms with E-state index in [0.717, 1.165) is 11.1 Å². The Hall–Kier alpha value is -4.56. The van der Waals surface area contributed by atoms with E-state index in [1.54, 1.807) is 42.0 Å². The van der Waals surface area contributed by atoms with Crippen LogP contribution < -0.4 is 10.3 Å². The van der Waals surface area contributed by atoms with Crippen molar-refractivity contribution < 1.29 is 18.7 Å². The number of halogens is 1. The van der Waals surface area contributed by atoms with Gasteiger partial charge in [0, 0.05) is 16.8 Å². The van der Waals surface area contributed by atoms with Crippen molar-refractivity contribution in [3.8, 4) is 27.6 Å². The van der Waals surface area contributed by atoms with Gasteiger partial charge in [-0.15, -0.1) is 11.3 Å². The number of ether oxygens (including phenoxy) is 2. The second-order valence-corrected chi connectivity index (χ2v) is 10.3. The molecule has 6 nitrogen and oxygen atoms in total. The van der Waals surface area contributed by atoms with Crippen LogP contribution in [0.1, 0.15) is 34.1 Å². The van der Waals surface area contributed by atoms with E-state index >= 15 is 4.39 Å². The number of thiophene rings is 1. The van der Waals surface area contributed by atoms with Gasteiger partial charge in [0.15, 0.2) is 11.6 Å². The van der Waals surface area contributed by atoms with Gasteiger partial charge in [-0.05, 0) is 49.6 Å². The van der Waals surface area contributed by atoms with Crippen molar-refractivity contribution in [2.24, 2.45) is 0 Å². The van der Waals surface area contributed by atoms with E-state index in [9.17, 15) is 9.59 Å². The summed E-state index contributed by atoms with van der Waals surface area (Å²) in [6.07, 6.45) is 0.561. The number of benzene rings is 3. The van der Waals surface area contributed by atoms with E-state index in [4.69, 9.17) is 14.5 Å². The third kappa shape index (κ3) is 6.28. The van der Waals surface area contributed by atoms with Gasteiger partial charge in [0.2, 0.25) is 0 Å². The van der Waals surface area contributed by atoms with Crippen molar-refractivity contribution >= 4 is 17.3 Å².